The number of benzene rings is 1. The summed E-state index contributed by atoms with van der Waals surface area (Å²) in [7, 11) is 0. The van der Waals surface area contributed by atoms with Crippen LogP contribution >= 0.6 is 0 Å². The average Bonchev–Trinajstić information content (AvgIpc) is 2.83. The first-order chi connectivity index (χ1) is 13.3. The molecule has 2 aromatic rings. The molecule has 6 heteroatoms. The minimum atomic E-state index is -0.297. The van der Waals surface area contributed by atoms with Crippen LogP contribution in [0.1, 0.15) is 42.0 Å². The van der Waals surface area contributed by atoms with Crippen LogP contribution in [0.5, 0.6) is 0 Å². The molecule has 2 amide bonds. The third-order valence-electron chi connectivity index (χ3n) is 5.15. The standard InChI is InChI=1S/C22H26FN3O2/c1-15(2)20-14-25(22(28)19-6-4-5-16(3)24-19)12-11-21(27)26(20)13-17-7-9-18(23)10-8-17/h4-10,15,20H,11-14H2,1-3H3/t20-/m0/s1. The molecule has 0 N–H and O–H groups in total. The number of carbonyl (C=O) groups excluding carboxylic acids is 2. The molecular weight excluding hydrogens is 357 g/mol. The summed E-state index contributed by atoms with van der Waals surface area (Å²) in [5, 5.41) is 0. The largest absolute Gasteiger partial charge is 0.335 e. The number of nitrogens with zero attached hydrogens (tertiary/aromatic N) is 3. The zero-order chi connectivity index (χ0) is 20.3. The summed E-state index contributed by atoms with van der Waals surface area (Å²) < 4.78 is 13.2. The maximum absolute atomic E-state index is 13.2. The van der Waals surface area contributed by atoms with Crippen molar-refractivity contribution >= 4 is 11.8 Å². The van der Waals surface area contributed by atoms with Crippen LogP contribution < -0.4 is 0 Å². The first-order valence-electron chi connectivity index (χ1n) is 9.62. The molecule has 0 radical (unpaired) electrons. The second-order valence-electron chi connectivity index (χ2n) is 7.62. The smallest absolute Gasteiger partial charge is 0.272 e. The summed E-state index contributed by atoms with van der Waals surface area (Å²) in [6, 6.07) is 11.5. The lowest BCUT2D eigenvalue weighted by Gasteiger charge is -2.34. The Balaban J connectivity index is 1.83. The van der Waals surface area contributed by atoms with Crippen LogP contribution in [-0.2, 0) is 11.3 Å². The van der Waals surface area contributed by atoms with Gasteiger partial charge < -0.3 is 9.80 Å². The molecule has 1 aromatic heterocycles. The third kappa shape index (κ3) is 4.55. The van der Waals surface area contributed by atoms with E-state index in [0.717, 1.165) is 11.3 Å². The molecule has 28 heavy (non-hydrogen) atoms. The molecule has 0 saturated carbocycles. The highest BCUT2D eigenvalue weighted by Gasteiger charge is 2.34. The van der Waals surface area contributed by atoms with Crippen molar-refractivity contribution in [3.8, 4) is 0 Å². The summed E-state index contributed by atoms with van der Waals surface area (Å²) in [4.78, 5) is 33.7. The zero-order valence-electron chi connectivity index (χ0n) is 16.6. The van der Waals surface area contributed by atoms with Gasteiger partial charge in [-0.05, 0) is 42.7 Å². The van der Waals surface area contributed by atoms with E-state index >= 15 is 0 Å². The van der Waals surface area contributed by atoms with E-state index in [-0.39, 0.29) is 36.0 Å². The highest BCUT2D eigenvalue weighted by Crippen LogP contribution is 2.22. The number of halogens is 1. The number of amides is 2. The molecule has 1 aromatic carbocycles. The molecule has 1 aliphatic heterocycles. The number of pyridine rings is 1. The SMILES string of the molecule is Cc1cccc(C(=O)N2CCC(=O)N(Cc3ccc(F)cc3)[C@H](C(C)C)C2)n1. The lowest BCUT2D eigenvalue weighted by Crippen LogP contribution is -2.47. The number of aromatic nitrogens is 1. The van der Waals surface area contributed by atoms with Crippen LogP contribution in [0.25, 0.3) is 0 Å². The van der Waals surface area contributed by atoms with Crippen LogP contribution in [0.4, 0.5) is 4.39 Å². The van der Waals surface area contributed by atoms with Gasteiger partial charge in [0.05, 0.1) is 6.04 Å². The number of rotatable bonds is 4. The number of aryl methyl sites for hydroxylation is 1. The Kier molecular flexibility index (Phi) is 6.07. The van der Waals surface area contributed by atoms with E-state index in [9.17, 15) is 14.0 Å². The average molecular weight is 383 g/mol. The van der Waals surface area contributed by atoms with E-state index in [4.69, 9.17) is 0 Å². The molecule has 148 valence electrons. The zero-order valence-corrected chi connectivity index (χ0v) is 16.6. The van der Waals surface area contributed by atoms with Crippen molar-refractivity contribution in [3.05, 3.63) is 65.2 Å². The van der Waals surface area contributed by atoms with Crippen molar-refractivity contribution in [2.75, 3.05) is 13.1 Å². The van der Waals surface area contributed by atoms with Crippen LogP contribution in [0, 0.1) is 18.7 Å². The molecule has 1 atom stereocenters. The Bertz CT molecular complexity index is 851. The molecule has 1 saturated heterocycles. The van der Waals surface area contributed by atoms with E-state index < -0.39 is 0 Å². The van der Waals surface area contributed by atoms with Gasteiger partial charge in [-0.1, -0.05) is 32.0 Å². The highest BCUT2D eigenvalue weighted by atomic mass is 19.1. The lowest BCUT2D eigenvalue weighted by atomic mass is 10.0. The Labute approximate surface area is 165 Å². The van der Waals surface area contributed by atoms with Crippen LogP contribution in [-0.4, -0.2) is 45.7 Å². The summed E-state index contributed by atoms with van der Waals surface area (Å²) in [6.45, 7) is 7.19. The van der Waals surface area contributed by atoms with Gasteiger partial charge in [-0.25, -0.2) is 9.37 Å². The number of hydrogen-bond donors (Lipinski definition) is 0. The van der Waals surface area contributed by atoms with Crippen molar-refractivity contribution in [2.24, 2.45) is 5.92 Å². The Hall–Kier alpha value is -2.76. The summed E-state index contributed by atoms with van der Waals surface area (Å²) in [5.41, 5.74) is 2.07. The van der Waals surface area contributed by atoms with Gasteiger partial charge in [0.15, 0.2) is 0 Å². The number of carbonyl (C=O) groups is 2. The van der Waals surface area contributed by atoms with Gasteiger partial charge >= 0.3 is 0 Å². The first kappa shape index (κ1) is 20.0. The molecule has 0 aliphatic carbocycles. The van der Waals surface area contributed by atoms with Gasteiger partial charge in [-0.3, -0.25) is 9.59 Å². The highest BCUT2D eigenvalue weighted by molar-refractivity contribution is 5.93. The molecule has 2 heterocycles. The monoisotopic (exact) mass is 383 g/mol. The summed E-state index contributed by atoms with van der Waals surface area (Å²) in [6.07, 6.45) is 0.266. The van der Waals surface area contributed by atoms with Crippen molar-refractivity contribution in [2.45, 2.75) is 39.8 Å². The minimum absolute atomic E-state index is 0.00975. The van der Waals surface area contributed by atoms with Crippen LogP contribution in [0.3, 0.4) is 0 Å². The van der Waals surface area contributed by atoms with E-state index in [0.29, 0.717) is 25.3 Å². The molecule has 3 rings (SSSR count). The van der Waals surface area contributed by atoms with Crippen LogP contribution in [0.2, 0.25) is 0 Å². The molecule has 1 aliphatic rings. The Morgan fingerprint density at radius 1 is 1.21 bits per heavy atom. The second kappa shape index (κ2) is 8.50. The molecule has 5 nitrogen and oxygen atoms in total. The Morgan fingerprint density at radius 3 is 2.57 bits per heavy atom. The molecule has 1 fully saturated rings. The van der Waals surface area contributed by atoms with Gasteiger partial charge in [-0.2, -0.15) is 0 Å². The predicted molar refractivity (Wildman–Crippen MR) is 105 cm³/mol. The van der Waals surface area contributed by atoms with Crippen molar-refractivity contribution in [1.82, 2.24) is 14.8 Å². The predicted octanol–water partition coefficient (Wildman–Crippen LogP) is 3.43. The van der Waals surface area contributed by atoms with E-state index in [1.807, 2.05) is 24.0 Å². The molecule has 0 spiro atoms. The molecule has 0 bridgehead atoms. The third-order valence-corrected chi connectivity index (χ3v) is 5.15. The fraction of sp³-hybridized carbons (Fsp3) is 0.409. The maximum Gasteiger partial charge on any atom is 0.272 e. The van der Waals surface area contributed by atoms with E-state index in [1.165, 1.54) is 12.1 Å². The van der Waals surface area contributed by atoms with E-state index in [1.54, 1.807) is 23.1 Å². The quantitative estimate of drug-likeness (QED) is 0.813. The number of hydrogen-bond acceptors (Lipinski definition) is 3. The second-order valence-corrected chi connectivity index (χ2v) is 7.62. The topological polar surface area (TPSA) is 53.5 Å². The minimum Gasteiger partial charge on any atom is -0.335 e. The van der Waals surface area contributed by atoms with E-state index in [2.05, 4.69) is 18.8 Å². The fourth-order valence-corrected chi connectivity index (χ4v) is 3.55. The maximum atomic E-state index is 13.2. The van der Waals surface area contributed by atoms with Gasteiger partial charge in [-0.15, -0.1) is 0 Å². The normalized spacial score (nSPS) is 17.8. The molecule has 0 unspecified atom stereocenters. The van der Waals surface area contributed by atoms with Gasteiger partial charge in [0.1, 0.15) is 11.5 Å². The van der Waals surface area contributed by atoms with Gasteiger partial charge in [0, 0.05) is 31.7 Å². The summed E-state index contributed by atoms with van der Waals surface area (Å²) in [5.74, 6) is -0.265. The lowest BCUT2D eigenvalue weighted by molar-refractivity contribution is -0.134. The van der Waals surface area contributed by atoms with Crippen molar-refractivity contribution in [1.29, 1.82) is 0 Å². The molecular formula is C22H26FN3O2. The van der Waals surface area contributed by atoms with Crippen molar-refractivity contribution < 1.29 is 14.0 Å². The van der Waals surface area contributed by atoms with Gasteiger partial charge in [0.25, 0.3) is 5.91 Å². The Morgan fingerprint density at radius 2 is 1.93 bits per heavy atom. The van der Waals surface area contributed by atoms with Gasteiger partial charge in [0.2, 0.25) is 5.91 Å². The van der Waals surface area contributed by atoms with Crippen LogP contribution in [0.15, 0.2) is 42.5 Å². The summed E-state index contributed by atoms with van der Waals surface area (Å²) >= 11 is 0. The fourth-order valence-electron chi connectivity index (χ4n) is 3.55. The first-order valence-corrected chi connectivity index (χ1v) is 9.62. The van der Waals surface area contributed by atoms with Crippen molar-refractivity contribution in [3.63, 3.8) is 0 Å².